The number of benzene rings is 1. The lowest BCUT2D eigenvalue weighted by molar-refractivity contribution is 0.615. The Morgan fingerprint density at radius 2 is 1.59 bits per heavy atom. The summed E-state index contributed by atoms with van der Waals surface area (Å²) >= 11 is 0. The fraction of sp³-hybridized carbons (Fsp3) is 0.348. The number of aromatic nitrogens is 2. The minimum atomic E-state index is -0.435. The maximum absolute atomic E-state index is 13.5. The van der Waals surface area contributed by atoms with Gasteiger partial charge in [-0.25, -0.2) is 0 Å². The molecule has 0 aliphatic heterocycles. The number of nitriles is 1. The number of nitrogen functional groups attached to an aromatic ring is 1. The predicted molar refractivity (Wildman–Crippen MR) is 117 cm³/mol. The summed E-state index contributed by atoms with van der Waals surface area (Å²) in [6.45, 7) is 5.02. The molecule has 150 valence electrons. The van der Waals surface area contributed by atoms with Crippen molar-refractivity contribution in [2.45, 2.75) is 52.6 Å². The zero-order valence-corrected chi connectivity index (χ0v) is 16.9. The maximum Gasteiger partial charge on any atom is 0.270 e. The van der Waals surface area contributed by atoms with Crippen LogP contribution >= 0.6 is 0 Å². The molecule has 3 aromatic rings. The predicted octanol–water partition coefficient (Wildman–Crippen LogP) is 3.88. The Hall–Kier alpha value is -3.33. The summed E-state index contributed by atoms with van der Waals surface area (Å²) in [7, 11) is 0. The normalized spacial score (nSPS) is 10.9. The largest absolute Gasteiger partial charge is 0.384 e. The van der Waals surface area contributed by atoms with Crippen LogP contribution < -0.4 is 16.9 Å². The second-order valence-electron chi connectivity index (χ2n) is 7.18. The Labute approximate surface area is 169 Å². The van der Waals surface area contributed by atoms with Gasteiger partial charge in [-0.15, -0.1) is 0 Å². The molecule has 0 unspecified atom stereocenters. The highest BCUT2D eigenvalue weighted by Gasteiger charge is 2.20. The molecule has 0 atom stereocenters. The first-order valence-electron chi connectivity index (χ1n) is 10.1. The van der Waals surface area contributed by atoms with Gasteiger partial charge in [-0.3, -0.25) is 14.2 Å². The quantitative estimate of drug-likeness (QED) is 0.662. The van der Waals surface area contributed by atoms with E-state index in [0.717, 1.165) is 31.2 Å². The lowest BCUT2D eigenvalue weighted by atomic mass is 10.0. The molecule has 0 aliphatic rings. The first-order valence-corrected chi connectivity index (χ1v) is 10.1. The van der Waals surface area contributed by atoms with E-state index in [4.69, 9.17) is 5.73 Å². The van der Waals surface area contributed by atoms with Crippen LogP contribution in [0.1, 0.15) is 45.1 Å². The standard InChI is InChI=1S/C23H26N4O2/c1-3-5-12-26-19(16-10-8-7-9-11-16)14-17-18(15-24)22(28)27(13-6-4-2)21(25)20(17)23(26)29/h7-11,14H,3-6,12-13,25H2,1-2H3. The van der Waals surface area contributed by atoms with E-state index in [1.807, 2.05) is 43.3 Å². The Balaban J connectivity index is 2.44. The molecule has 6 heteroatoms. The number of nitrogens with two attached hydrogens (primary N) is 1. The SMILES string of the molecule is CCCCn1c(N)c2c(=O)n(CCCC)c(-c3ccccc3)cc2c(C#N)c1=O. The van der Waals surface area contributed by atoms with Crippen LogP contribution in [0.15, 0.2) is 46.0 Å². The number of hydrogen-bond acceptors (Lipinski definition) is 4. The third-order valence-electron chi connectivity index (χ3n) is 5.23. The molecule has 0 amide bonds. The van der Waals surface area contributed by atoms with Gasteiger partial charge in [-0.1, -0.05) is 57.0 Å². The number of hydrogen-bond donors (Lipinski definition) is 1. The maximum atomic E-state index is 13.5. The highest BCUT2D eigenvalue weighted by Crippen LogP contribution is 2.26. The van der Waals surface area contributed by atoms with Crippen molar-refractivity contribution in [1.82, 2.24) is 9.13 Å². The van der Waals surface area contributed by atoms with Crippen LogP contribution in [0.25, 0.3) is 22.0 Å². The van der Waals surface area contributed by atoms with Crippen molar-refractivity contribution < 1.29 is 0 Å². The van der Waals surface area contributed by atoms with Crippen LogP contribution in [0.5, 0.6) is 0 Å². The lowest BCUT2D eigenvalue weighted by Gasteiger charge is -2.18. The number of fused-ring (bicyclic) bond motifs is 1. The van der Waals surface area contributed by atoms with Crippen LogP contribution in [0.3, 0.4) is 0 Å². The van der Waals surface area contributed by atoms with Gasteiger partial charge in [0.05, 0.1) is 11.1 Å². The average molecular weight is 390 g/mol. The Morgan fingerprint density at radius 1 is 0.966 bits per heavy atom. The van der Waals surface area contributed by atoms with Crippen LogP contribution in [-0.2, 0) is 13.1 Å². The molecule has 2 heterocycles. The zero-order chi connectivity index (χ0) is 21.0. The Bertz CT molecular complexity index is 1180. The molecule has 1 aromatic carbocycles. The van der Waals surface area contributed by atoms with Crippen molar-refractivity contribution in [2.75, 3.05) is 5.73 Å². The molecular weight excluding hydrogens is 364 g/mol. The van der Waals surface area contributed by atoms with Crippen molar-refractivity contribution in [3.05, 3.63) is 62.7 Å². The van der Waals surface area contributed by atoms with E-state index in [2.05, 4.69) is 6.92 Å². The summed E-state index contributed by atoms with van der Waals surface area (Å²) in [4.78, 5) is 26.4. The first kappa shape index (κ1) is 20.4. The second kappa shape index (κ2) is 8.78. The monoisotopic (exact) mass is 390 g/mol. The minimum Gasteiger partial charge on any atom is -0.384 e. The number of pyridine rings is 2. The van der Waals surface area contributed by atoms with E-state index in [-0.39, 0.29) is 22.3 Å². The van der Waals surface area contributed by atoms with Crippen LogP contribution in [0.2, 0.25) is 0 Å². The van der Waals surface area contributed by atoms with E-state index in [0.29, 0.717) is 24.2 Å². The molecule has 0 fully saturated rings. The van der Waals surface area contributed by atoms with Gasteiger partial charge in [0, 0.05) is 18.5 Å². The number of nitrogens with zero attached hydrogens (tertiary/aromatic N) is 3. The molecule has 0 spiro atoms. The number of anilines is 1. The number of unbranched alkanes of at least 4 members (excludes halogenated alkanes) is 2. The van der Waals surface area contributed by atoms with Gasteiger partial charge in [0.1, 0.15) is 17.5 Å². The third-order valence-corrected chi connectivity index (χ3v) is 5.23. The molecule has 0 aliphatic carbocycles. The van der Waals surface area contributed by atoms with Gasteiger partial charge in [0.25, 0.3) is 11.1 Å². The van der Waals surface area contributed by atoms with Crippen LogP contribution in [0.4, 0.5) is 5.82 Å². The average Bonchev–Trinajstić information content (AvgIpc) is 2.73. The molecule has 3 rings (SSSR count). The molecular formula is C23H26N4O2. The van der Waals surface area contributed by atoms with E-state index in [1.54, 1.807) is 10.6 Å². The Morgan fingerprint density at radius 3 is 2.17 bits per heavy atom. The molecule has 2 N–H and O–H groups in total. The van der Waals surface area contributed by atoms with Crippen molar-refractivity contribution >= 4 is 16.6 Å². The van der Waals surface area contributed by atoms with Crippen LogP contribution in [0, 0.1) is 11.3 Å². The fourth-order valence-corrected chi connectivity index (χ4v) is 3.62. The lowest BCUT2D eigenvalue weighted by Crippen LogP contribution is -2.30. The van der Waals surface area contributed by atoms with Crippen molar-refractivity contribution in [3.63, 3.8) is 0 Å². The smallest absolute Gasteiger partial charge is 0.270 e. The number of rotatable bonds is 7. The first-order chi connectivity index (χ1) is 14.0. The minimum absolute atomic E-state index is 0.0257. The van der Waals surface area contributed by atoms with Gasteiger partial charge in [0.2, 0.25) is 0 Å². The summed E-state index contributed by atoms with van der Waals surface area (Å²) in [6, 6.07) is 13.3. The summed E-state index contributed by atoms with van der Waals surface area (Å²) in [5, 5.41) is 10.3. The van der Waals surface area contributed by atoms with Crippen LogP contribution in [-0.4, -0.2) is 9.13 Å². The van der Waals surface area contributed by atoms with E-state index in [9.17, 15) is 14.9 Å². The second-order valence-corrected chi connectivity index (χ2v) is 7.18. The van der Waals surface area contributed by atoms with E-state index in [1.165, 1.54) is 4.57 Å². The highest BCUT2D eigenvalue weighted by atomic mass is 16.1. The fourth-order valence-electron chi connectivity index (χ4n) is 3.62. The topological polar surface area (TPSA) is 93.8 Å². The molecule has 6 nitrogen and oxygen atoms in total. The van der Waals surface area contributed by atoms with Crippen molar-refractivity contribution in [2.24, 2.45) is 0 Å². The molecule has 0 saturated carbocycles. The third kappa shape index (κ3) is 3.68. The molecule has 29 heavy (non-hydrogen) atoms. The van der Waals surface area contributed by atoms with Gasteiger partial charge in [-0.05, 0) is 24.5 Å². The molecule has 0 saturated heterocycles. The highest BCUT2D eigenvalue weighted by molar-refractivity contribution is 5.96. The molecule has 2 aromatic heterocycles. The summed E-state index contributed by atoms with van der Waals surface area (Å²) < 4.78 is 3.09. The molecule has 0 radical (unpaired) electrons. The van der Waals surface area contributed by atoms with Gasteiger partial charge in [-0.2, -0.15) is 5.26 Å². The summed E-state index contributed by atoms with van der Waals surface area (Å²) in [6.07, 6.45) is 3.39. The van der Waals surface area contributed by atoms with Crippen molar-refractivity contribution in [3.8, 4) is 17.3 Å². The summed E-state index contributed by atoms with van der Waals surface area (Å²) in [5.74, 6) is 0.146. The summed E-state index contributed by atoms with van der Waals surface area (Å²) in [5.41, 5.74) is 7.15. The zero-order valence-electron chi connectivity index (χ0n) is 16.9. The van der Waals surface area contributed by atoms with Crippen molar-refractivity contribution in [1.29, 1.82) is 5.26 Å². The van der Waals surface area contributed by atoms with E-state index >= 15 is 0 Å². The van der Waals surface area contributed by atoms with Gasteiger partial charge < -0.3 is 10.3 Å². The Kier molecular flexibility index (Phi) is 6.18. The van der Waals surface area contributed by atoms with Gasteiger partial charge >= 0.3 is 0 Å². The van der Waals surface area contributed by atoms with Gasteiger partial charge in [0.15, 0.2) is 0 Å². The molecule has 0 bridgehead atoms. The van der Waals surface area contributed by atoms with E-state index < -0.39 is 5.56 Å².